The first kappa shape index (κ1) is 16.0. The van der Waals surface area contributed by atoms with Gasteiger partial charge in [0.15, 0.2) is 0 Å². The summed E-state index contributed by atoms with van der Waals surface area (Å²) in [5.41, 5.74) is 2.07. The maximum absolute atomic E-state index is 12.5. The monoisotopic (exact) mass is 333 g/mol. The second-order valence-electron chi connectivity index (χ2n) is 5.97. The molecule has 0 bridgehead atoms. The van der Waals surface area contributed by atoms with Crippen LogP contribution in [0.2, 0.25) is 5.02 Å². The molecule has 1 aliphatic rings. The lowest BCUT2D eigenvalue weighted by molar-refractivity contribution is 0.0717. The number of carbonyl (C=O) groups excluding carboxylic acids is 1. The quantitative estimate of drug-likeness (QED) is 0.907. The summed E-state index contributed by atoms with van der Waals surface area (Å²) in [6.45, 7) is 1.85. The maximum Gasteiger partial charge on any atom is 0.255 e. The van der Waals surface area contributed by atoms with Crippen molar-refractivity contribution in [2.75, 3.05) is 0 Å². The number of carbonyl (C=O) groups is 1. The molecule has 122 valence electrons. The van der Waals surface area contributed by atoms with Gasteiger partial charge < -0.3 is 10.4 Å². The number of hydrogen-bond acceptors (Lipinski definition) is 3. The summed E-state index contributed by atoms with van der Waals surface area (Å²) in [5.74, 6) is -0.193. The van der Waals surface area contributed by atoms with Gasteiger partial charge in [-0.2, -0.15) is 5.10 Å². The third-order valence-corrected chi connectivity index (χ3v) is 4.59. The van der Waals surface area contributed by atoms with Gasteiger partial charge in [-0.1, -0.05) is 30.5 Å². The Morgan fingerprint density at radius 3 is 2.91 bits per heavy atom. The van der Waals surface area contributed by atoms with E-state index in [-0.39, 0.29) is 11.9 Å². The molecule has 1 amide bonds. The zero-order valence-electron chi connectivity index (χ0n) is 13.0. The fourth-order valence-electron chi connectivity index (χ4n) is 3.03. The smallest absolute Gasteiger partial charge is 0.255 e. The zero-order valence-corrected chi connectivity index (χ0v) is 13.8. The standard InChI is InChI=1S/C17H20ClN3O2/c1-11-14(17(23)20-15-7-2-3-8-16(15)22)10-19-21(11)13-6-4-5-12(18)9-13/h4-6,9-10,15-16,22H,2-3,7-8H2,1H3,(H,20,23). The van der Waals surface area contributed by atoms with Crippen molar-refractivity contribution < 1.29 is 9.90 Å². The maximum atomic E-state index is 12.5. The van der Waals surface area contributed by atoms with E-state index in [2.05, 4.69) is 10.4 Å². The number of rotatable bonds is 3. The molecule has 6 heteroatoms. The second kappa shape index (κ2) is 6.72. The highest BCUT2D eigenvalue weighted by molar-refractivity contribution is 6.30. The topological polar surface area (TPSA) is 67.2 Å². The highest BCUT2D eigenvalue weighted by Gasteiger charge is 2.26. The molecular formula is C17H20ClN3O2. The van der Waals surface area contributed by atoms with Crippen LogP contribution in [0.15, 0.2) is 30.5 Å². The highest BCUT2D eigenvalue weighted by atomic mass is 35.5. The summed E-state index contributed by atoms with van der Waals surface area (Å²) in [6.07, 6.45) is 4.69. The van der Waals surface area contributed by atoms with E-state index in [9.17, 15) is 9.90 Å². The largest absolute Gasteiger partial charge is 0.391 e. The lowest BCUT2D eigenvalue weighted by Gasteiger charge is -2.28. The minimum atomic E-state index is -0.462. The van der Waals surface area contributed by atoms with Gasteiger partial charge >= 0.3 is 0 Å². The number of benzene rings is 1. The zero-order chi connectivity index (χ0) is 16.4. The van der Waals surface area contributed by atoms with Crippen LogP contribution in [0, 0.1) is 6.92 Å². The Kier molecular flexibility index (Phi) is 4.68. The van der Waals surface area contributed by atoms with E-state index in [1.807, 2.05) is 19.1 Å². The fraction of sp³-hybridized carbons (Fsp3) is 0.412. The van der Waals surface area contributed by atoms with Gasteiger partial charge in [0.05, 0.1) is 35.3 Å². The van der Waals surface area contributed by atoms with Crippen LogP contribution in [0.25, 0.3) is 5.69 Å². The lowest BCUT2D eigenvalue weighted by Crippen LogP contribution is -2.45. The Bertz CT molecular complexity index is 714. The summed E-state index contributed by atoms with van der Waals surface area (Å²) in [5, 5.41) is 17.8. The third kappa shape index (κ3) is 3.41. The van der Waals surface area contributed by atoms with E-state index in [1.165, 1.54) is 0 Å². The Balaban J connectivity index is 1.80. The number of halogens is 1. The molecule has 2 unspecified atom stereocenters. The van der Waals surface area contributed by atoms with Gasteiger partial charge in [-0.25, -0.2) is 4.68 Å². The van der Waals surface area contributed by atoms with Crippen LogP contribution in [0.5, 0.6) is 0 Å². The summed E-state index contributed by atoms with van der Waals surface area (Å²) in [6, 6.07) is 7.15. The van der Waals surface area contributed by atoms with Crippen LogP contribution in [0.1, 0.15) is 41.7 Å². The van der Waals surface area contributed by atoms with E-state index in [1.54, 1.807) is 23.0 Å². The number of nitrogens with one attached hydrogen (secondary N) is 1. The number of amides is 1. The van der Waals surface area contributed by atoms with Gasteiger partial charge in [0.2, 0.25) is 0 Å². The molecule has 23 heavy (non-hydrogen) atoms. The normalized spacial score (nSPS) is 21.2. The number of nitrogens with zero attached hydrogens (tertiary/aromatic N) is 2. The molecule has 1 aromatic heterocycles. The van der Waals surface area contributed by atoms with Crippen LogP contribution < -0.4 is 5.32 Å². The number of aromatic nitrogens is 2. The number of aliphatic hydroxyl groups excluding tert-OH is 1. The van der Waals surface area contributed by atoms with Crippen molar-refractivity contribution in [2.24, 2.45) is 0 Å². The Labute approximate surface area is 140 Å². The molecule has 2 aromatic rings. The molecule has 0 spiro atoms. The second-order valence-corrected chi connectivity index (χ2v) is 6.40. The summed E-state index contributed by atoms with van der Waals surface area (Å²) < 4.78 is 1.69. The minimum absolute atomic E-state index is 0.176. The van der Waals surface area contributed by atoms with Crippen molar-refractivity contribution in [1.29, 1.82) is 0 Å². The molecule has 1 saturated carbocycles. The van der Waals surface area contributed by atoms with Gasteiger partial charge in [-0.3, -0.25) is 4.79 Å². The molecule has 0 saturated heterocycles. The average molecular weight is 334 g/mol. The number of hydrogen-bond donors (Lipinski definition) is 2. The van der Waals surface area contributed by atoms with Gasteiger partial charge in [0, 0.05) is 5.02 Å². The van der Waals surface area contributed by atoms with Crippen molar-refractivity contribution in [1.82, 2.24) is 15.1 Å². The Morgan fingerprint density at radius 1 is 1.39 bits per heavy atom. The summed E-state index contributed by atoms with van der Waals surface area (Å²) >= 11 is 6.01. The molecule has 2 atom stereocenters. The molecule has 1 aromatic carbocycles. The molecule has 5 nitrogen and oxygen atoms in total. The molecule has 2 N–H and O–H groups in total. The van der Waals surface area contributed by atoms with Crippen LogP contribution in [-0.2, 0) is 0 Å². The van der Waals surface area contributed by atoms with Crippen molar-refractivity contribution in [2.45, 2.75) is 44.8 Å². The van der Waals surface area contributed by atoms with Crippen LogP contribution >= 0.6 is 11.6 Å². The number of aliphatic hydroxyl groups is 1. The predicted octanol–water partition coefficient (Wildman–Crippen LogP) is 2.87. The SMILES string of the molecule is Cc1c(C(=O)NC2CCCCC2O)cnn1-c1cccc(Cl)c1. The van der Waals surface area contributed by atoms with E-state index >= 15 is 0 Å². The van der Waals surface area contributed by atoms with Crippen molar-refractivity contribution in [3.63, 3.8) is 0 Å². The predicted molar refractivity (Wildman–Crippen MR) is 89.0 cm³/mol. The molecule has 3 rings (SSSR count). The molecule has 0 radical (unpaired) electrons. The lowest BCUT2D eigenvalue weighted by atomic mass is 9.92. The van der Waals surface area contributed by atoms with Crippen molar-refractivity contribution in [3.05, 3.63) is 46.7 Å². The van der Waals surface area contributed by atoms with E-state index in [0.717, 1.165) is 37.1 Å². The van der Waals surface area contributed by atoms with E-state index in [0.29, 0.717) is 10.6 Å². The van der Waals surface area contributed by atoms with E-state index in [4.69, 9.17) is 11.6 Å². The summed E-state index contributed by atoms with van der Waals surface area (Å²) in [7, 11) is 0. The summed E-state index contributed by atoms with van der Waals surface area (Å²) in [4.78, 5) is 12.5. The fourth-order valence-corrected chi connectivity index (χ4v) is 3.21. The molecule has 0 aliphatic heterocycles. The van der Waals surface area contributed by atoms with E-state index < -0.39 is 6.10 Å². The molecule has 1 fully saturated rings. The van der Waals surface area contributed by atoms with Crippen molar-refractivity contribution in [3.8, 4) is 5.69 Å². The first-order valence-electron chi connectivity index (χ1n) is 7.86. The molecule has 1 heterocycles. The van der Waals surface area contributed by atoms with Gasteiger partial charge in [0.25, 0.3) is 5.91 Å². The first-order valence-corrected chi connectivity index (χ1v) is 8.23. The van der Waals surface area contributed by atoms with Crippen LogP contribution in [-0.4, -0.2) is 32.9 Å². The highest BCUT2D eigenvalue weighted by Crippen LogP contribution is 2.21. The first-order chi connectivity index (χ1) is 11.1. The van der Waals surface area contributed by atoms with Crippen LogP contribution in [0.3, 0.4) is 0 Å². The van der Waals surface area contributed by atoms with Gasteiger partial charge in [0.1, 0.15) is 0 Å². The van der Waals surface area contributed by atoms with Crippen molar-refractivity contribution >= 4 is 17.5 Å². The average Bonchev–Trinajstić information content (AvgIpc) is 2.91. The Hall–Kier alpha value is -1.85. The molecular weight excluding hydrogens is 314 g/mol. The Morgan fingerprint density at radius 2 is 2.17 bits per heavy atom. The van der Waals surface area contributed by atoms with Crippen LogP contribution in [0.4, 0.5) is 0 Å². The van der Waals surface area contributed by atoms with Gasteiger partial charge in [-0.05, 0) is 38.0 Å². The molecule has 1 aliphatic carbocycles. The van der Waals surface area contributed by atoms with Gasteiger partial charge in [-0.15, -0.1) is 0 Å². The minimum Gasteiger partial charge on any atom is -0.391 e. The third-order valence-electron chi connectivity index (χ3n) is 4.35.